The molecule has 0 fully saturated rings. The first kappa shape index (κ1) is 10.7. The zero-order valence-electron chi connectivity index (χ0n) is 6.99. The maximum Gasteiger partial charge on any atom is 0.141 e. The minimum atomic E-state index is -0.372. The molecule has 0 radical (unpaired) electrons. The molecule has 1 aromatic carbocycles. The number of benzene rings is 1. The van der Waals surface area contributed by atoms with E-state index in [2.05, 4.69) is 22.5 Å². The first-order chi connectivity index (χ1) is 6.09. The van der Waals surface area contributed by atoms with Gasteiger partial charge in [0, 0.05) is 0 Å². The number of aryl methyl sites for hydroxylation is 1. The van der Waals surface area contributed by atoms with Gasteiger partial charge in [-0.3, -0.25) is 0 Å². The molecule has 70 valence electrons. The summed E-state index contributed by atoms with van der Waals surface area (Å²) in [5.41, 5.74) is 1.02. The van der Waals surface area contributed by atoms with Crippen molar-refractivity contribution in [2.24, 2.45) is 0 Å². The summed E-state index contributed by atoms with van der Waals surface area (Å²) in [5.74, 6) is -0.372. The molecule has 0 nitrogen and oxygen atoms in total. The number of rotatable bonds is 3. The van der Waals surface area contributed by atoms with Gasteiger partial charge in [-0.05, 0) is 35.0 Å². The monoisotopic (exact) mass is 262 g/mol. The lowest BCUT2D eigenvalue weighted by Crippen LogP contribution is -1.86. The van der Waals surface area contributed by atoms with Crippen molar-refractivity contribution in [3.63, 3.8) is 0 Å². The molecule has 0 heterocycles. The minimum absolute atomic E-state index is 0.178. The van der Waals surface area contributed by atoms with E-state index in [9.17, 15) is 4.39 Å². The Morgan fingerprint density at radius 2 is 2.23 bits per heavy atom. The van der Waals surface area contributed by atoms with Gasteiger partial charge in [0.2, 0.25) is 0 Å². The molecular formula is C10H9BrClF. The van der Waals surface area contributed by atoms with Gasteiger partial charge < -0.3 is 0 Å². The first-order valence-corrected chi connectivity index (χ1v) is 5.04. The standard InChI is InChI=1S/C10H9BrClF/c1-7(11)2-3-8-4-5-10(13)9(12)6-8/h4-6H,1-3H2. The highest BCUT2D eigenvalue weighted by molar-refractivity contribution is 9.11. The second-order valence-electron chi connectivity index (χ2n) is 2.77. The molecule has 0 aliphatic rings. The minimum Gasteiger partial charge on any atom is -0.205 e. The van der Waals surface area contributed by atoms with Gasteiger partial charge in [-0.1, -0.05) is 40.2 Å². The van der Waals surface area contributed by atoms with Crippen molar-refractivity contribution in [2.75, 3.05) is 0 Å². The Kier molecular flexibility index (Phi) is 3.94. The molecule has 0 spiro atoms. The molecule has 0 N–H and O–H groups in total. The number of halogens is 3. The van der Waals surface area contributed by atoms with E-state index < -0.39 is 0 Å². The topological polar surface area (TPSA) is 0 Å². The van der Waals surface area contributed by atoms with E-state index in [1.165, 1.54) is 6.07 Å². The second kappa shape index (κ2) is 4.77. The van der Waals surface area contributed by atoms with Gasteiger partial charge in [0.25, 0.3) is 0 Å². The van der Waals surface area contributed by atoms with Crippen LogP contribution < -0.4 is 0 Å². The molecule has 0 bridgehead atoms. The van der Waals surface area contributed by atoms with Gasteiger partial charge in [-0.2, -0.15) is 0 Å². The van der Waals surface area contributed by atoms with Crippen molar-refractivity contribution < 1.29 is 4.39 Å². The van der Waals surface area contributed by atoms with Crippen LogP contribution in [0, 0.1) is 5.82 Å². The molecule has 1 rings (SSSR count). The highest BCUT2D eigenvalue weighted by Crippen LogP contribution is 2.18. The van der Waals surface area contributed by atoms with E-state index in [1.54, 1.807) is 12.1 Å². The van der Waals surface area contributed by atoms with Gasteiger partial charge in [0.1, 0.15) is 5.82 Å². The van der Waals surface area contributed by atoms with Gasteiger partial charge in [-0.15, -0.1) is 0 Å². The van der Waals surface area contributed by atoms with E-state index in [4.69, 9.17) is 11.6 Å². The van der Waals surface area contributed by atoms with Gasteiger partial charge >= 0.3 is 0 Å². The fourth-order valence-corrected chi connectivity index (χ4v) is 1.38. The molecule has 3 heteroatoms. The highest BCUT2D eigenvalue weighted by Gasteiger charge is 2.00. The Balaban J connectivity index is 2.68. The lowest BCUT2D eigenvalue weighted by Gasteiger charge is -2.01. The van der Waals surface area contributed by atoms with Crippen molar-refractivity contribution in [1.82, 2.24) is 0 Å². The summed E-state index contributed by atoms with van der Waals surface area (Å²) in [5, 5.41) is 0.178. The molecule has 0 aromatic heterocycles. The Hall–Kier alpha value is -0.340. The molecule has 0 atom stereocenters. The fourth-order valence-electron chi connectivity index (χ4n) is 0.975. The third-order valence-electron chi connectivity index (χ3n) is 1.67. The van der Waals surface area contributed by atoms with Gasteiger partial charge in [0.15, 0.2) is 0 Å². The molecule has 0 amide bonds. The molecule has 1 aromatic rings. The summed E-state index contributed by atoms with van der Waals surface area (Å²) < 4.78 is 13.7. The van der Waals surface area contributed by atoms with Crippen molar-refractivity contribution >= 4 is 27.5 Å². The average molecular weight is 264 g/mol. The van der Waals surface area contributed by atoms with Crippen LogP contribution >= 0.6 is 27.5 Å². The van der Waals surface area contributed by atoms with Crippen molar-refractivity contribution in [2.45, 2.75) is 12.8 Å². The molecule has 0 aliphatic carbocycles. The third kappa shape index (κ3) is 3.49. The SMILES string of the molecule is C=C(Br)CCc1ccc(F)c(Cl)c1. The summed E-state index contributed by atoms with van der Waals surface area (Å²) in [4.78, 5) is 0. The maximum atomic E-state index is 12.7. The van der Waals surface area contributed by atoms with Crippen molar-refractivity contribution in [1.29, 1.82) is 0 Å². The molecular weight excluding hydrogens is 254 g/mol. The smallest absolute Gasteiger partial charge is 0.141 e. The van der Waals surface area contributed by atoms with Gasteiger partial charge in [0.05, 0.1) is 5.02 Å². The van der Waals surface area contributed by atoms with Crippen LogP contribution in [0.25, 0.3) is 0 Å². The Morgan fingerprint density at radius 3 is 2.77 bits per heavy atom. The summed E-state index contributed by atoms with van der Waals surface area (Å²) in [7, 11) is 0. The Morgan fingerprint density at radius 1 is 1.54 bits per heavy atom. The van der Waals surface area contributed by atoms with Crippen LogP contribution in [0.4, 0.5) is 4.39 Å². The predicted molar refractivity (Wildman–Crippen MR) is 57.8 cm³/mol. The van der Waals surface area contributed by atoms with Crippen LogP contribution in [0.5, 0.6) is 0 Å². The normalized spacial score (nSPS) is 10.1. The lowest BCUT2D eigenvalue weighted by atomic mass is 10.1. The van der Waals surface area contributed by atoms with Crippen LogP contribution in [-0.2, 0) is 6.42 Å². The Bertz CT molecular complexity index is 323. The summed E-state index contributed by atoms with van der Waals surface area (Å²) in [6.07, 6.45) is 1.66. The predicted octanol–water partition coefficient (Wildman–Crippen LogP) is 4.32. The quantitative estimate of drug-likeness (QED) is 0.762. The van der Waals surface area contributed by atoms with Crippen LogP contribution in [0.3, 0.4) is 0 Å². The first-order valence-electron chi connectivity index (χ1n) is 3.87. The summed E-state index contributed by atoms with van der Waals surface area (Å²) in [6, 6.07) is 4.76. The van der Waals surface area contributed by atoms with E-state index >= 15 is 0 Å². The summed E-state index contributed by atoms with van der Waals surface area (Å²) in [6.45, 7) is 3.72. The van der Waals surface area contributed by atoms with E-state index in [-0.39, 0.29) is 10.8 Å². The number of hydrogen-bond acceptors (Lipinski definition) is 0. The zero-order valence-corrected chi connectivity index (χ0v) is 9.33. The van der Waals surface area contributed by atoms with Crippen LogP contribution in [-0.4, -0.2) is 0 Å². The van der Waals surface area contributed by atoms with Crippen molar-refractivity contribution in [3.05, 3.63) is 45.7 Å². The number of hydrogen-bond donors (Lipinski definition) is 0. The van der Waals surface area contributed by atoms with E-state index in [0.717, 1.165) is 22.9 Å². The fraction of sp³-hybridized carbons (Fsp3) is 0.200. The molecule has 0 unspecified atom stereocenters. The average Bonchev–Trinajstić information content (AvgIpc) is 2.07. The third-order valence-corrected chi connectivity index (χ3v) is 2.36. The molecule has 0 saturated carbocycles. The Labute approximate surface area is 90.5 Å². The van der Waals surface area contributed by atoms with Crippen LogP contribution in [0.1, 0.15) is 12.0 Å². The molecule has 0 saturated heterocycles. The molecule has 0 aliphatic heterocycles. The largest absolute Gasteiger partial charge is 0.205 e. The zero-order chi connectivity index (χ0) is 9.84. The summed E-state index contributed by atoms with van der Waals surface area (Å²) >= 11 is 8.88. The van der Waals surface area contributed by atoms with Crippen LogP contribution in [0.15, 0.2) is 29.3 Å². The van der Waals surface area contributed by atoms with Gasteiger partial charge in [-0.25, -0.2) is 4.39 Å². The van der Waals surface area contributed by atoms with Crippen LogP contribution in [0.2, 0.25) is 5.02 Å². The van der Waals surface area contributed by atoms with E-state index in [1.807, 2.05) is 0 Å². The van der Waals surface area contributed by atoms with Crippen molar-refractivity contribution in [3.8, 4) is 0 Å². The second-order valence-corrected chi connectivity index (χ2v) is 4.29. The number of allylic oxidation sites excluding steroid dienone is 1. The lowest BCUT2D eigenvalue weighted by molar-refractivity contribution is 0.627. The molecule has 13 heavy (non-hydrogen) atoms. The van der Waals surface area contributed by atoms with E-state index in [0.29, 0.717) is 0 Å². The maximum absolute atomic E-state index is 12.7. The highest BCUT2D eigenvalue weighted by atomic mass is 79.9.